The molecule has 1 N–H and O–H groups in total. The monoisotopic (exact) mass is 225 g/mol. The Kier molecular flexibility index (Phi) is 5.39. The van der Waals surface area contributed by atoms with E-state index in [9.17, 15) is 13.2 Å². The van der Waals surface area contributed by atoms with Gasteiger partial charge in [-0.2, -0.15) is 0 Å². The zero-order valence-corrected chi connectivity index (χ0v) is 9.67. The lowest BCUT2D eigenvalue weighted by atomic mass is 10.2. The second-order valence-electron chi connectivity index (χ2n) is 3.03. The summed E-state index contributed by atoms with van der Waals surface area (Å²) in [5.74, 6) is 0.596. The van der Waals surface area contributed by atoms with Crippen LogP contribution in [0.1, 0.15) is 13.8 Å². The van der Waals surface area contributed by atoms with Crippen LogP contribution in [0.5, 0.6) is 0 Å². The molecule has 78 valence electrons. The third kappa shape index (κ3) is 9.69. The first-order chi connectivity index (χ1) is 5.81. The normalized spacial score (nSPS) is 13.8. The van der Waals surface area contributed by atoms with Crippen molar-refractivity contribution in [1.82, 2.24) is 5.32 Å². The third-order valence-corrected chi connectivity index (χ3v) is 4.09. The maximum absolute atomic E-state index is 10.7. The average molecular weight is 225 g/mol. The Morgan fingerprint density at radius 1 is 1.54 bits per heavy atom. The molecule has 0 fully saturated rings. The van der Waals surface area contributed by atoms with Crippen LogP contribution in [0.2, 0.25) is 0 Å². The fourth-order valence-electron chi connectivity index (χ4n) is 0.617. The lowest BCUT2D eigenvalue weighted by Gasteiger charge is -2.09. The fourth-order valence-corrected chi connectivity index (χ4v) is 2.65. The van der Waals surface area contributed by atoms with Crippen molar-refractivity contribution in [3.8, 4) is 0 Å². The van der Waals surface area contributed by atoms with Gasteiger partial charge >= 0.3 is 0 Å². The molecule has 0 aromatic heterocycles. The highest BCUT2D eigenvalue weighted by Gasteiger charge is 2.08. The summed E-state index contributed by atoms with van der Waals surface area (Å²) in [6.07, 6.45) is 1.18. The van der Waals surface area contributed by atoms with Crippen molar-refractivity contribution in [2.75, 3.05) is 18.6 Å². The van der Waals surface area contributed by atoms with Crippen molar-refractivity contribution in [3.05, 3.63) is 0 Å². The summed E-state index contributed by atoms with van der Waals surface area (Å²) >= 11 is 0. The molecule has 0 radical (unpaired) electrons. The van der Waals surface area contributed by atoms with E-state index in [1.807, 2.05) is 6.92 Å². The van der Waals surface area contributed by atoms with Gasteiger partial charge in [-0.15, -0.1) is 0 Å². The molecule has 1 atom stereocenters. The molecule has 13 heavy (non-hydrogen) atoms. The molecule has 0 rings (SSSR count). The highest BCUT2D eigenvalue weighted by Crippen LogP contribution is 2.13. The fraction of sp³-hybridized carbons (Fsp3) is 0.857. The topological polar surface area (TPSA) is 63.2 Å². The molecule has 0 aliphatic rings. The summed E-state index contributed by atoms with van der Waals surface area (Å²) in [5.41, 5.74) is 0. The second kappa shape index (κ2) is 5.49. The molecule has 4 nitrogen and oxygen atoms in total. The van der Waals surface area contributed by atoms with Gasteiger partial charge in [-0.05, 0) is 16.7 Å². The molecular weight excluding hydrogens is 210 g/mol. The van der Waals surface area contributed by atoms with Crippen LogP contribution >= 0.6 is 10.8 Å². The quantitative estimate of drug-likeness (QED) is 0.690. The zero-order chi connectivity index (χ0) is 10.5. The molecule has 0 aliphatic carbocycles. The van der Waals surface area contributed by atoms with Gasteiger partial charge in [0.15, 0.2) is 8.87 Å². The Bertz CT molecular complexity index is 261. The first-order valence-electron chi connectivity index (χ1n) is 3.90. The second-order valence-corrected chi connectivity index (χ2v) is 7.53. The van der Waals surface area contributed by atoms with E-state index in [1.165, 1.54) is 13.2 Å². The standard InChI is InChI=1S/C7H15NO3S2/c1-6(4-8-7(2)9)5-12-13(3,10)11/h6H,4-5H2,1-3H3,(H,8,9). The van der Waals surface area contributed by atoms with Crippen LogP contribution in [0.25, 0.3) is 0 Å². The van der Waals surface area contributed by atoms with E-state index in [-0.39, 0.29) is 11.8 Å². The van der Waals surface area contributed by atoms with Gasteiger partial charge < -0.3 is 5.32 Å². The summed E-state index contributed by atoms with van der Waals surface area (Å²) in [6.45, 7) is 3.86. The molecule has 0 bridgehead atoms. The molecule has 1 unspecified atom stereocenters. The molecule has 0 heterocycles. The molecule has 0 aromatic rings. The van der Waals surface area contributed by atoms with Gasteiger partial charge in [-0.25, -0.2) is 8.42 Å². The van der Waals surface area contributed by atoms with Crippen molar-refractivity contribution in [3.63, 3.8) is 0 Å². The van der Waals surface area contributed by atoms with Gasteiger partial charge in [0.05, 0.1) is 0 Å². The number of hydrogen-bond donors (Lipinski definition) is 1. The number of hydrogen-bond acceptors (Lipinski definition) is 4. The number of rotatable bonds is 5. The smallest absolute Gasteiger partial charge is 0.216 e. The number of nitrogens with one attached hydrogen (secondary N) is 1. The van der Waals surface area contributed by atoms with Gasteiger partial charge in [0, 0.05) is 25.5 Å². The van der Waals surface area contributed by atoms with E-state index >= 15 is 0 Å². The SMILES string of the molecule is CC(=O)NCC(C)CSS(C)(=O)=O. The summed E-state index contributed by atoms with van der Waals surface area (Å²) in [6, 6.07) is 0. The number of amides is 1. The van der Waals surface area contributed by atoms with Crippen LogP contribution in [0.4, 0.5) is 0 Å². The van der Waals surface area contributed by atoms with Crippen LogP contribution in [-0.4, -0.2) is 32.9 Å². The van der Waals surface area contributed by atoms with Gasteiger partial charge in [-0.1, -0.05) is 6.92 Å². The Morgan fingerprint density at radius 3 is 2.46 bits per heavy atom. The van der Waals surface area contributed by atoms with Gasteiger partial charge in [0.25, 0.3) is 0 Å². The lowest BCUT2D eigenvalue weighted by Crippen LogP contribution is -2.26. The Morgan fingerprint density at radius 2 is 2.08 bits per heavy atom. The van der Waals surface area contributed by atoms with Crippen molar-refractivity contribution in [2.24, 2.45) is 5.92 Å². The Balaban J connectivity index is 3.64. The molecule has 1 amide bonds. The minimum atomic E-state index is -2.95. The van der Waals surface area contributed by atoms with Crippen LogP contribution in [0.15, 0.2) is 0 Å². The van der Waals surface area contributed by atoms with Crippen molar-refractivity contribution < 1.29 is 13.2 Å². The number of carbonyl (C=O) groups excluding carboxylic acids is 1. The Labute approximate surface area is 82.8 Å². The average Bonchev–Trinajstić information content (AvgIpc) is 1.95. The summed E-state index contributed by atoms with van der Waals surface area (Å²) in [4.78, 5) is 10.5. The van der Waals surface area contributed by atoms with E-state index in [4.69, 9.17) is 0 Å². The highest BCUT2D eigenvalue weighted by atomic mass is 33.1. The van der Waals surface area contributed by atoms with Gasteiger partial charge in [-0.3, -0.25) is 4.79 Å². The van der Waals surface area contributed by atoms with Crippen molar-refractivity contribution in [1.29, 1.82) is 0 Å². The maximum atomic E-state index is 10.7. The first-order valence-corrected chi connectivity index (χ1v) is 7.29. The van der Waals surface area contributed by atoms with E-state index in [0.29, 0.717) is 12.3 Å². The molecule has 0 spiro atoms. The van der Waals surface area contributed by atoms with Gasteiger partial charge in [0.1, 0.15) is 0 Å². The molecule has 6 heteroatoms. The minimum absolute atomic E-state index is 0.0868. The first kappa shape index (κ1) is 12.8. The van der Waals surface area contributed by atoms with Crippen LogP contribution in [0.3, 0.4) is 0 Å². The lowest BCUT2D eigenvalue weighted by molar-refractivity contribution is -0.119. The predicted molar refractivity (Wildman–Crippen MR) is 55.1 cm³/mol. The number of carbonyl (C=O) groups is 1. The molecule has 0 aliphatic heterocycles. The van der Waals surface area contributed by atoms with E-state index < -0.39 is 8.87 Å². The Hall–Kier alpha value is -0.230. The van der Waals surface area contributed by atoms with Crippen molar-refractivity contribution in [2.45, 2.75) is 13.8 Å². The van der Waals surface area contributed by atoms with E-state index in [0.717, 1.165) is 10.8 Å². The van der Waals surface area contributed by atoms with Crippen LogP contribution in [0, 0.1) is 5.92 Å². The largest absolute Gasteiger partial charge is 0.356 e. The van der Waals surface area contributed by atoms with Crippen LogP contribution in [-0.2, 0) is 13.7 Å². The maximum Gasteiger partial charge on any atom is 0.216 e. The summed E-state index contributed by atoms with van der Waals surface area (Å²) < 4.78 is 21.5. The zero-order valence-electron chi connectivity index (χ0n) is 8.03. The summed E-state index contributed by atoms with van der Waals surface area (Å²) in [5, 5.41) is 2.63. The van der Waals surface area contributed by atoms with Gasteiger partial charge in [0.2, 0.25) is 5.91 Å². The third-order valence-electron chi connectivity index (χ3n) is 1.27. The molecular formula is C7H15NO3S2. The van der Waals surface area contributed by atoms with Crippen molar-refractivity contribution >= 4 is 25.6 Å². The molecule has 0 saturated heterocycles. The highest BCUT2D eigenvalue weighted by molar-refractivity contribution is 8.71. The van der Waals surface area contributed by atoms with Crippen LogP contribution < -0.4 is 5.32 Å². The molecule has 0 saturated carbocycles. The minimum Gasteiger partial charge on any atom is -0.356 e. The molecule has 0 aromatic carbocycles. The van der Waals surface area contributed by atoms with E-state index in [2.05, 4.69) is 5.32 Å². The van der Waals surface area contributed by atoms with E-state index in [1.54, 1.807) is 0 Å². The summed E-state index contributed by atoms with van der Waals surface area (Å²) in [7, 11) is -2.04. The predicted octanol–water partition coefficient (Wildman–Crippen LogP) is 0.451.